The van der Waals surface area contributed by atoms with Crippen LogP contribution >= 0.6 is 0 Å². The second kappa shape index (κ2) is 10.6. The minimum absolute atomic E-state index is 0.554. The highest BCUT2D eigenvalue weighted by Crippen LogP contribution is 2.14. The second-order valence-corrected chi connectivity index (χ2v) is 4.78. The van der Waals surface area contributed by atoms with Crippen LogP contribution in [-0.2, 0) is 17.7 Å². The number of hydrogen-bond acceptors (Lipinski definition) is 4. The highest BCUT2D eigenvalue weighted by molar-refractivity contribution is 5.25. The highest BCUT2D eigenvalue weighted by atomic mass is 16.5. The average molecular weight is 280 g/mol. The zero-order chi connectivity index (χ0) is 14.6. The molecule has 1 heterocycles. The molecule has 1 aromatic heterocycles. The molecule has 0 radical (unpaired) electrons. The van der Waals surface area contributed by atoms with Crippen molar-refractivity contribution in [3.63, 3.8) is 0 Å². The lowest BCUT2D eigenvalue weighted by atomic mass is 10.1. The quantitative estimate of drug-likeness (QED) is 0.633. The number of aromatic nitrogens is 1. The Balaban J connectivity index is 2.60. The summed E-state index contributed by atoms with van der Waals surface area (Å²) in [4.78, 5) is 4.54. The summed E-state index contributed by atoms with van der Waals surface area (Å²) in [7, 11) is 0. The van der Waals surface area contributed by atoms with Crippen LogP contribution in [0.4, 0.5) is 0 Å². The second-order valence-electron chi connectivity index (χ2n) is 4.78. The van der Waals surface area contributed by atoms with Crippen LogP contribution < -0.4 is 10.1 Å². The van der Waals surface area contributed by atoms with Gasteiger partial charge in [0.05, 0.1) is 6.61 Å². The van der Waals surface area contributed by atoms with Crippen LogP contribution in [0, 0.1) is 0 Å². The molecule has 0 amide bonds. The lowest BCUT2D eigenvalue weighted by molar-refractivity contribution is 0.108. The van der Waals surface area contributed by atoms with Crippen LogP contribution in [-0.4, -0.2) is 31.3 Å². The maximum Gasteiger partial charge on any atom is 0.213 e. The molecule has 4 heteroatoms. The first-order valence-electron chi connectivity index (χ1n) is 7.71. The summed E-state index contributed by atoms with van der Waals surface area (Å²) in [5, 5.41) is 3.42. The standard InChI is InChI=1S/C16H28N2O2/c1-4-7-15-11-14(13-17-8-5-2)12-16(18-15)20-10-9-19-6-3/h11-12,17H,4-10,13H2,1-3H3. The van der Waals surface area contributed by atoms with Gasteiger partial charge in [-0.15, -0.1) is 0 Å². The van der Waals surface area contributed by atoms with E-state index in [1.165, 1.54) is 5.56 Å². The summed E-state index contributed by atoms with van der Waals surface area (Å²) in [5.74, 6) is 0.712. The minimum Gasteiger partial charge on any atom is -0.475 e. The predicted octanol–water partition coefficient (Wildman–Crippen LogP) is 2.95. The van der Waals surface area contributed by atoms with Gasteiger partial charge in [-0.25, -0.2) is 4.98 Å². The molecule has 0 bridgehead atoms. The van der Waals surface area contributed by atoms with Crippen molar-refractivity contribution in [1.29, 1.82) is 0 Å². The van der Waals surface area contributed by atoms with Crippen molar-refractivity contribution in [2.75, 3.05) is 26.4 Å². The van der Waals surface area contributed by atoms with Gasteiger partial charge >= 0.3 is 0 Å². The molecular formula is C16H28N2O2. The molecule has 20 heavy (non-hydrogen) atoms. The van der Waals surface area contributed by atoms with Crippen LogP contribution in [0.5, 0.6) is 5.88 Å². The van der Waals surface area contributed by atoms with Gasteiger partial charge in [-0.2, -0.15) is 0 Å². The first kappa shape index (κ1) is 16.9. The van der Waals surface area contributed by atoms with E-state index in [4.69, 9.17) is 9.47 Å². The van der Waals surface area contributed by atoms with Gasteiger partial charge in [0.1, 0.15) is 6.61 Å². The van der Waals surface area contributed by atoms with Crippen molar-refractivity contribution in [1.82, 2.24) is 10.3 Å². The molecular weight excluding hydrogens is 252 g/mol. The molecule has 0 aromatic carbocycles. The number of hydrogen-bond donors (Lipinski definition) is 1. The van der Waals surface area contributed by atoms with Crippen molar-refractivity contribution in [2.45, 2.75) is 46.6 Å². The van der Waals surface area contributed by atoms with Crippen molar-refractivity contribution in [2.24, 2.45) is 0 Å². The van der Waals surface area contributed by atoms with Gasteiger partial charge in [0, 0.05) is 24.9 Å². The largest absolute Gasteiger partial charge is 0.475 e. The molecule has 4 nitrogen and oxygen atoms in total. The first-order valence-corrected chi connectivity index (χ1v) is 7.71. The summed E-state index contributed by atoms with van der Waals surface area (Å²) in [5.41, 5.74) is 2.35. The van der Waals surface area contributed by atoms with Gasteiger partial charge in [0.15, 0.2) is 0 Å². The minimum atomic E-state index is 0.554. The van der Waals surface area contributed by atoms with E-state index in [0.29, 0.717) is 19.1 Å². The fourth-order valence-corrected chi connectivity index (χ4v) is 1.94. The number of nitrogens with zero attached hydrogens (tertiary/aromatic N) is 1. The van der Waals surface area contributed by atoms with E-state index < -0.39 is 0 Å². The molecule has 114 valence electrons. The van der Waals surface area contributed by atoms with Crippen molar-refractivity contribution < 1.29 is 9.47 Å². The summed E-state index contributed by atoms with van der Waals surface area (Å²) in [6.45, 7) is 10.1. The maximum absolute atomic E-state index is 5.68. The molecule has 0 aliphatic carbocycles. The first-order chi connectivity index (χ1) is 9.80. The molecule has 0 atom stereocenters. The van der Waals surface area contributed by atoms with Gasteiger partial charge in [0.25, 0.3) is 0 Å². The van der Waals surface area contributed by atoms with Crippen molar-refractivity contribution in [3.05, 3.63) is 23.4 Å². The zero-order valence-electron chi connectivity index (χ0n) is 13.1. The molecule has 0 fully saturated rings. The van der Waals surface area contributed by atoms with Crippen molar-refractivity contribution in [3.8, 4) is 5.88 Å². The summed E-state index contributed by atoms with van der Waals surface area (Å²) in [6.07, 6.45) is 3.23. The number of pyridine rings is 1. The fraction of sp³-hybridized carbons (Fsp3) is 0.688. The van der Waals surface area contributed by atoms with E-state index in [1.807, 2.05) is 13.0 Å². The summed E-state index contributed by atoms with van der Waals surface area (Å²) in [6, 6.07) is 4.19. The SMILES string of the molecule is CCCNCc1cc(CCC)nc(OCCOCC)c1. The monoisotopic (exact) mass is 280 g/mol. The molecule has 1 rings (SSSR count). The molecule has 0 spiro atoms. The third kappa shape index (κ3) is 6.87. The number of nitrogens with one attached hydrogen (secondary N) is 1. The Morgan fingerprint density at radius 3 is 2.65 bits per heavy atom. The molecule has 0 unspecified atom stereocenters. The smallest absolute Gasteiger partial charge is 0.213 e. The molecule has 0 saturated carbocycles. The molecule has 0 saturated heterocycles. The Bertz CT molecular complexity index is 369. The topological polar surface area (TPSA) is 43.4 Å². The fourth-order valence-electron chi connectivity index (χ4n) is 1.94. The summed E-state index contributed by atoms with van der Waals surface area (Å²) < 4.78 is 11.0. The van der Waals surface area contributed by atoms with Gasteiger partial charge in [-0.1, -0.05) is 20.3 Å². The van der Waals surface area contributed by atoms with Crippen LogP contribution in [0.3, 0.4) is 0 Å². The van der Waals surface area contributed by atoms with Crippen LogP contribution in [0.25, 0.3) is 0 Å². The normalized spacial score (nSPS) is 10.8. The number of ether oxygens (including phenoxy) is 2. The molecule has 0 aliphatic heterocycles. The van der Waals surface area contributed by atoms with Crippen LogP contribution in [0.2, 0.25) is 0 Å². The average Bonchev–Trinajstić information content (AvgIpc) is 2.44. The Kier molecular flexibility index (Phi) is 9.00. The van der Waals surface area contributed by atoms with Gasteiger partial charge in [-0.3, -0.25) is 0 Å². The van der Waals surface area contributed by atoms with Crippen LogP contribution in [0.1, 0.15) is 44.9 Å². The zero-order valence-corrected chi connectivity index (χ0v) is 13.1. The lowest BCUT2D eigenvalue weighted by Gasteiger charge is -2.10. The Labute approximate surface area is 122 Å². The van der Waals surface area contributed by atoms with Crippen molar-refractivity contribution >= 4 is 0 Å². The number of rotatable bonds is 11. The Morgan fingerprint density at radius 1 is 1.10 bits per heavy atom. The third-order valence-electron chi connectivity index (χ3n) is 2.86. The predicted molar refractivity (Wildman–Crippen MR) is 82.2 cm³/mol. The number of aryl methyl sites for hydroxylation is 1. The Hall–Kier alpha value is -1.13. The van der Waals surface area contributed by atoms with Gasteiger partial charge in [0.2, 0.25) is 5.88 Å². The highest BCUT2D eigenvalue weighted by Gasteiger charge is 2.04. The molecule has 0 aliphatic rings. The van der Waals surface area contributed by atoms with Gasteiger partial charge in [-0.05, 0) is 37.9 Å². The van der Waals surface area contributed by atoms with E-state index >= 15 is 0 Å². The van der Waals surface area contributed by atoms with E-state index in [2.05, 4.69) is 30.2 Å². The maximum atomic E-state index is 5.68. The van der Waals surface area contributed by atoms with E-state index in [9.17, 15) is 0 Å². The molecule has 1 N–H and O–H groups in total. The Morgan fingerprint density at radius 2 is 1.95 bits per heavy atom. The van der Waals surface area contributed by atoms with Gasteiger partial charge < -0.3 is 14.8 Å². The lowest BCUT2D eigenvalue weighted by Crippen LogP contribution is -2.15. The van der Waals surface area contributed by atoms with E-state index in [0.717, 1.165) is 44.7 Å². The van der Waals surface area contributed by atoms with Crippen LogP contribution in [0.15, 0.2) is 12.1 Å². The van der Waals surface area contributed by atoms with E-state index in [1.54, 1.807) is 0 Å². The third-order valence-corrected chi connectivity index (χ3v) is 2.86. The molecule has 1 aromatic rings. The van der Waals surface area contributed by atoms with E-state index in [-0.39, 0.29) is 0 Å². The summed E-state index contributed by atoms with van der Waals surface area (Å²) >= 11 is 0.